The van der Waals surface area contributed by atoms with Crippen molar-refractivity contribution in [2.45, 2.75) is 19.2 Å². The van der Waals surface area contributed by atoms with Gasteiger partial charge in [-0.2, -0.15) is 0 Å². The zero-order chi connectivity index (χ0) is 15.2. The molecule has 0 aliphatic heterocycles. The molecule has 1 aromatic carbocycles. The van der Waals surface area contributed by atoms with Gasteiger partial charge in [-0.1, -0.05) is 0 Å². The number of aldehydes is 1. The van der Waals surface area contributed by atoms with Gasteiger partial charge in [-0.3, -0.25) is 9.59 Å². The van der Waals surface area contributed by atoms with E-state index in [1.54, 1.807) is 0 Å². The Labute approximate surface area is 117 Å². The fourth-order valence-electron chi connectivity index (χ4n) is 1.29. The van der Waals surface area contributed by atoms with Crippen LogP contribution in [-0.4, -0.2) is 24.5 Å². The fraction of sp³-hybridized carbons (Fsp3) is 0.333. The van der Waals surface area contributed by atoms with E-state index in [1.807, 2.05) is 0 Å². The molecule has 0 saturated carbocycles. The zero-order valence-electron chi connectivity index (χ0n) is 10.1. The van der Waals surface area contributed by atoms with Crippen LogP contribution < -0.4 is 9.47 Å². The highest BCUT2D eigenvalue weighted by molar-refractivity contribution is 6.17. The molecule has 0 fully saturated rings. The summed E-state index contributed by atoms with van der Waals surface area (Å²) in [4.78, 5) is 22.1. The molecule has 0 atom stereocenters. The van der Waals surface area contributed by atoms with Crippen molar-refractivity contribution >= 4 is 23.9 Å². The lowest BCUT2D eigenvalue weighted by atomic mass is 10.2. The van der Waals surface area contributed by atoms with Crippen molar-refractivity contribution in [3.8, 4) is 11.5 Å². The second-order valence-corrected chi connectivity index (χ2v) is 4.01. The third-order valence-corrected chi connectivity index (χ3v) is 2.35. The molecule has 0 saturated heterocycles. The highest BCUT2D eigenvalue weighted by Gasteiger charge is 2.31. The molecule has 0 radical (unpaired) electrons. The number of carbonyl (C=O) groups is 2. The van der Waals surface area contributed by atoms with E-state index in [9.17, 15) is 22.8 Å². The molecule has 1 rings (SSSR count). The van der Waals surface area contributed by atoms with E-state index in [1.165, 1.54) is 0 Å². The lowest BCUT2D eigenvalue weighted by Gasteiger charge is -2.11. The Hall–Kier alpha value is -1.76. The number of alkyl halides is 4. The Morgan fingerprint density at radius 1 is 1.35 bits per heavy atom. The number of esters is 1. The average Bonchev–Trinajstić information content (AvgIpc) is 2.36. The van der Waals surface area contributed by atoms with Crippen molar-refractivity contribution < 1.29 is 32.2 Å². The van der Waals surface area contributed by atoms with Gasteiger partial charge in [0.25, 0.3) is 0 Å². The number of ether oxygens (including phenoxy) is 2. The summed E-state index contributed by atoms with van der Waals surface area (Å²) in [6, 6.07) is 2.85. The predicted molar refractivity (Wildman–Crippen MR) is 64.1 cm³/mol. The van der Waals surface area contributed by atoms with Crippen molar-refractivity contribution in [2.75, 3.05) is 5.88 Å². The van der Waals surface area contributed by atoms with Gasteiger partial charge in [-0.05, 0) is 24.6 Å². The van der Waals surface area contributed by atoms with E-state index in [4.69, 9.17) is 16.3 Å². The average molecular weight is 311 g/mol. The van der Waals surface area contributed by atoms with Gasteiger partial charge in [0.1, 0.15) is 11.5 Å². The Bertz CT molecular complexity index is 488. The van der Waals surface area contributed by atoms with Crippen molar-refractivity contribution in [1.29, 1.82) is 0 Å². The summed E-state index contributed by atoms with van der Waals surface area (Å²) in [6.45, 7) is 0. The summed E-state index contributed by atoms with van der Waals surface area (Å²) in [6.07, 6.45) is -4.15. The van der Waals surface area contributed by atoms with Crippen LogP contribution >= 0.6 is 11.6 Å². The molecule has 110 valence electrons. The van der Waals surface area contributed by atoms with Crippen LogP contribution in [0.1, 0.15) is 23.2 Å². The van der Waals surface area contributed by atoms with Gasteiger partial charge in [-0.25, -0.2) is 0 Å². The second kappa shape index (κ2) is 7.14. The topological polar surface area (TPSA) is 52.6 Å². The first-order chi connectivity index (χ1) is 9.35. The second-order valence-electron chi connectivity index (χ2n) is 3.63. The Morgan fingerprint density at radius 3 is 2.60 bits per heavy atom. The van der Waals surface area contributed by atoms with Gasteiger partial charge in [0, 0.05) is 12.3 Å². The van der Waals surface area contributed by atoms with E-state index < -0.39 is 18.1 Å². The van der Waals surface area contributed by atoms with Gasteiger partial charge in [0.2, 0.25) is 0 Å². The van der Waals surface area contributed by atoms with Crippen molar-refractivity contribution in [3.63, 3.8) is 0 Å². The third-order valence-electron chi connectivity index (χ3n) is 2.08. The highest BCUT2D eigenvalue weighted by Crippen LogP contribution is 2.27. The summed E-state index contributed by atoms with van der Waals surface area (Å²) in [5.41, 5.74) is -0.217. The van der Waals surface area contributed by atoms with E-state index >= 15 is 0 Å². The molecule has 0 spiro atoms. The molecule has 4 nitrogen and oxygen atoms in total. The minimum absolute atomic E-state index is 0.0442. The van der Waals surface area contributed by atoms with E-state index in [0.717, 1.165) is 18.2 Å². The predicted octanol–water partition coefficient (Wildman–Crippen LogP) is 3.32. The highest BCUT2D eigenvalue weighted by atomic mass is 35.5. The SMILES string of the molecule is O=Cc1cc(OC(F)(F)F)ccc1OC(=O)CCCCl. The standard InChI is InChI=1S/C12H10ClF3O4/c13-5-1-2-11(18)19-10-4-3-9(6-8(10)7-17)20-12(14,15)16/h3-4,6-7H,1-2,5H2. The van der Waals surface area contributed by atoms with Crippen LogP contribution in [0.3, 0.4) is 0 Å². The molecule has 1 aromatic rings. The van der Waals surface area contributed by atoms with Gasteiger partial charge < -0.3 is 9.47 Å². The Balaban J connectivity index is 2.83. The first-order valence-corrected chi connectivity index (χ1v) is 6.01. The Kier molecular flexibility index (Phi) is 5.82. The van der Waals surface area contributed by atoms with Crippen LogP contribution in [0.25, 0.3) is 0 Å². The maximum atomic E-state index is 12.0. The van der Waals surface area contributed by atoms with Crippen molar-refractivity contribution in [1.82, 2.24) is 0 Å². The summed E-state index contributed by atoms with van der Waals surface area (Å²) < 4.78 is 44.6. The first kappa shape index (κ1) is 16.3. The van der Waals surface area contributed by atoms with Crippen LogP contribution in [0.5, 0.6) is 11.5 Å². The molecule has 0 amide bonds. The van der Waals surface area contributed by atoms with Crippen LogP contribution in [0.2, 0.25) is 0 Å². The van der Waals surface area contributed by atoms with Crippen LogP contribution in [0, 0.1) is 0 Å². The van der Waals surface area contributed by atoms with E-state index in [-0.39, 0.29) is 29.9 Å². The zero-order valence-corrected chi connectivity index (χ0v) is 10.8. The molecule has 0 N–H and O–H groups in total. The lowest BCUT2D eigenvalue weighted by Crippen LogP contribution is -2.17. The fourth-order valence-corrected chi connectivity index (χ4v) is 1.43. The summed E-state index contributed by atoms with van der Waals surface area (Å²) in [5.74, 6) is -1.05. The van der Waals surface area contributed by atoms with E-state index in [2.05, 4.69) is 4.74 Å². The van der Waals surface area contributed by atoms with Crippen molar-refractivity contribution in [2.24, 2.45) is 0 Å². The first-order valence-electron chi connectivity index (χ1n) is 5.47. The smallest absolute Gasteiger partial charge is 0.426 e. The largest absolute Gasteiger partial charge is 0.573 e. The van der Waals surface area contributed by atoms with Gasteiger partial charge in [-0.15, -0.1) is 24.8 Å². The van der Waals surface area contributed by atoms with Crippen LogP contribution in [0.15, 0.2) is 18.2 Å². The number of hydrogen-bond donors (Lipinski definition) is 0. The molecular formula is C12H10ClF3O4. The van der Waals surface area contributed by atoms with Crippen LogP contribution in [0.4, 0.5) is 13.2 Å². The maximum Gasteiger partial charge on any atom is 0.573 e. The molecule has 0 aliphatic carbocycles. The lowest BCUT2D eigenvalue weighted by molar-refractivity contribution is -0.274. The van der Waals surface area contributed by atoms with Gasteiger partial charge in [0.15, 0.2) is 6.29 Å². The van der Waals surface area contributed by atoms with Crippen molar-refractivity contribution in [3.05, 3.63) is 23.8 Å². The molecule has 0 bridgehead atoms. The van der Waals surface area contributed by atoms with Gasteiger partial charge >= 0.3 is 12.3 Å². The number of carbonyl (C=O) groups excluding carboxylic acids is 2. The van der Waals surface area contributed by atoms with Crippen LogP contribution in [-0.2, 0) is 4.79 Å². The molecule has 0 unspecified atom stereocenters. The quantitative estimate of drug-likeness (QED) is 0.350. The molecule has 0 aliphatic rings. The summed E-state index contributed by atoms with van der Waals surface area (Å²) >= 11 is 5.40. The van der Waals surface area contributed by atoms with Gasteiger partial charge in [0.05, 0.1) is 5.56 Å². The third kappa shape index (κ3) is 5.48. The summed E-state index contributed by atoms with van der Waals surface area (Å²) in [5, 5.41) is 0. The number of halogens is 4. The van der Waals surface area contributed by atoms with E-state index in [0.29, 0.717) is 6.42 Å². The molecule has 0 aromatic heterocycles. The monoisotopic (exact) mass is 310 g/mol. The summed E-state index contributed by atoms with van der Waals surface area (Å²) in [7, 11) is 0. The molecular weight excluding hydrogens is 301 g/mol. The molecule has 0 heterocycles. The molecule has 20 heavy (non-hydrogen) atoms. The minimum Gasteiger partial charge on any atom is -0.426 e. The molecule has 8 heteroatoms. The number of benzene rings is 1. The number of rotatable bonds is 6. The normalized spacial score (nSPS) is 11.0. The maximum absolute atomic E-state index is 12.0. The Morgan fingerprint density at radius 2 is 2.05 bits per heavy atom. The number of hydrogen-bond acceptors (Lipinski definition) is 4. The minimum atomic E-state index is -4.86.